The van der Waals surface area contributed by atoms with Gasteiger partial charge in [-0.05, 0) is 52.3 Å². The van der Waals surface area contributed by atoms with Crippen molar-refractivity contribution in [2.75, 3.05) is 18.6 Å². The molecule has 1 saturated heterocycles. The molecular weight excluding hydrogens is 346 g/mol. The molecule has 0 aromatic heterocycles. The van der Waals surface area contributed by atoms with Gasteiger partial charge in [-0.1, -0.05) is 6.07 Å². The van der Waals surface area contributed by atoms with Crippen molar-refractivity contribution in [3.63, 3.8) is 0 Å². The fourth-order valence-electron chi connectivity index (χ4n) is 3.00. The van der Waals surface area contributed by atoms with Crippen LogP contribution in [0.25, 0.3) is 0 Å². The Morgan fingerprint density at radius 2 is 1.96 bits per heavy atom. The zero-order valence-electron chi connectivity index (χ0n) is 16.9. The molecule has 148 valence electrons. The van der Waals surface area contributed by atoms with E-state index in [2.05, 4.69) is 10.6 Å². The first kappa shape index (κ1) is 20.7. The van der Waals surface area contributed by atoms with E-state index in [0.29, 0.717) is 11.4 Å². The molecule has 2 N–H and O–H groups in total. The lowest BCUT2D eigenvalue weighted by Crippen LogP contribution is -2.52. The fourth-order valence-corrected chi connectivity index (χ4v) is 3.00. The predicted molar refractivity (Wildman–Crippen MR) is 104 cm³/mol. The predicted octanol–water partition coefficient (Wildman–Crippen LogP) is 1.78. The lowest BCUT2D eigenvalue weighted by atomic mass is 10.1. The summed E-state index contributed by atoms with van der Waals surface area (Å²) in [5.74, 6) is -0.599. The second-order valence-electron chi connectivity index (χ2n) is 8.05. The van der Waals surface area contributed by atoms with E-state index in [9.17, 15) is 14.4 Å². The maximum atomic E-state index is 12.6. The Morgan fingerprint density at radius 3 is 2.56 bits per heavy atom. The van der Waals surface area contributed by atoms with E-state index < -0.39 is 12.0 Å². The minimum absolute atomic E-state index is 0.108. The van der Waals surface area contributed by atoms with Crippen LogP contribution < -0.4 is 20.3 Å². The lowest BCUT2D eigenvalue weighted by Gasteiger charge is -2.24. The number of rotatable bonds is 5. The number of aryl methyl sites for hydroxylation is 1. The van der Waals surface area contributed by atoms with Crippen LogP contribution in [-0.4, -0.2) is 43.0 Å². The fraction of sp³-hybridized carbons (Fsp3) is 0.550. The highest BCUT2D eigenvalue weighted by atomic mass is 16.5. The van der Waals surface area contributed by atoms with Gasteiger partial charge < -0.3 is 20.3 Å². The van der Waals surface area contributed by atoms with Crippen LogP contribution in [0.5, 0.6) is 5.75 Å². The Kier molecular flexibility index (Phi) is 6.13. The number of nitrogens with zero attached hydrogens (tertiary/aromatic N) is 1. The maximum absolute atomic E-state index is 12.6. The van der Waals surface area contributed by atoms with Gasteiger partial charge in [0.2, 0.25) is 17.7 Å². The number of hydrogen-bond acceptors (Lipinski definition) is 4. The molecule has 0 spiro atoms. The second kappa shape index (κ2) is 7.98. The third-order valence-corrected chi connectivity index (χ3v) is 4.37. The summed E-state index contributed by atoms with van der Waals surface area (Å²) in [5, 5.41) is 5.55. The molecule has 1 aliphatic rings. The molecule has 0 aliphatic carbocycles. The molecule has 1 aromatic rings. The Bertz CT molecular complexity index is 739. The summed E-state index contributed by atoms with van der Waals surface area (Å²) in [6.07, 6.45) is 0.108. The average molecular weight is 375 g/mol. The summed E-state index contributed by atoms with van der Waals surface area (Å²) in [6, 6.07) is 4.91. The van der Waals surface area contributed by atoms with Gasteiger partial charge in [0.1, 0.15) is 11.8 Å². The number of anilines is 1. The van der Waals surface area contributed by atoms with Crippen LogP contribution >= 0.6 is 0 Å². The van der Waals surface area contributed by atoms with Crippen molar-refractivity contribution in [1.29, 1.82) is 0 Å². The van der Waals surface area contributed by atoms with Gasteiger partial charge in [-0.25, -0.2) is 0 Å². The minimum atomic E-state index is -0.672. The number of benzene rings is 1. The highest BCUT2D eigenvalue weighted by Crippen LogP contribution is 2.33. The third-order valence-electron chi connectivity index (χ3n) is 4.37. The van der Waals surface area contributed by atoms with E-state index in [1.807, 2.05) is 45.9 Å². The first-order valence-electron chi connectivity index (χ1n) is 9.09. The lowest BCUT2D eigenvalue weighted by molar-refractivity contribution is -0.131. The molecule has 2 unspecified atom stereocenters. The van der Waals surface area contributed by atoms with Gasteiger partial charge in [0, 0.05) is 18.5 Å². The van der Waals surface area contributed by atoms with E-state index >= 15 is 0 Å². The second-order valence-corrected chi connectivity index (χ2v) is 8.05. The summed E-state index contributed by atoms with van der Waals surface area (Å²) < 4.78 is 5.35. The summed E-state index contributed by atoms with van der Waals surface area (Å²) in [4.78, 5) is 38.8. The zero-order chi connectivity index (χ0) is 20.4. The highest BCUT2D eigenvalue weighted by molar-refractivity contribution is 6.02. The van der Waals surface area contributed by atoms with Gasteiger partial charge in [-0.3, -0.25) is 14.4 Å². The standard InChI is InChI=1S/C20H29N3O4/c1-12-7-8-16(27-6)15(9-12)23-11-14(10-17(23)24)19(26)21-13(2)18(25)22-20(3,4)5/h7-9,13-14H,10-11H2,1-6H3,(H,21,26)(H,22,25). The van der Waals surface area contributed by atoms with Crippen molar-refractivity contribution in [3.8, 4) is 5.75 Å². The Labute approximate surface area is 160 Å². The summed E-state index contributed by atoms with van der Waals surface area (Å²) in [5.41, 5.74) is 1.29. The minimum Gasteiger partial charge on any atom is -0.495 e. The van der Waals surface area contributed by atoms with Crippen molar-refractivity contribution in [2.24, 2.45) is 5.92 Å². The molecular formula is C20H29N3O4. The van der Waals surface area contributed by atoms with Crippen LogP contribution in [-0.2, 0) is 14.4 Å². The molecule has 3 amide bonds. The van der Waals surface area contributed by atoms with E-state index in [4.69, 9.17) is 4.74 Å². The Balaban J connectivity index is 2.06. The summed E-state index contributed by atoms with van der Waals surface area (Å²) >= 11 is 0. The van der Waals surface area contributed by atoms with Crippen LogP contribution in [0, 0.1) is 12.8 Å². The van der Waals surface area contributed by atoms with Gasteiger partial charge in [0.05, 0.1) is 18.7 Å². The number of carbonyl (C=O) groups is 3. The maximum Gasteiger partial charge on any atom is 0.242 e. The highest BCUT2D eigenvalue weighted by Gasteiger charge is 2.37. The Morgan fingerprint density at radius 1 is 1.30 bits per heavy atom. The van der Waals surface area contributed by atoms with E-state index in [1.54, 1.807) is 18.9 Å². The number of hydrogen-bond donors (Lipinski definition) is 2. The summed E-state index contributed by atoms with van der Waals surface area (Å²) in [7, 11) is 1.55. The van der Waals surface area contributed by atoms with Gasteiger partial charge >= 0.3 is 0 Å². The zero-order valence-corrected chi connectivity index (χ0v) is 16.9. The van der Waals surface area contributed by atoms with Gasteiger partial charge in [-0.15, -0.1) is 0 Å². The molecule has 7 heteroatoms. The van der Waals surface area contributed by atoms with Gasteiger partial charge in [-0.2, -0.15) is 0 Å². The normalized spacial score (nSPS) is 18.2. The molecule has 1 fully saturated rings. The van der Waals surface area contributed by atoms with Crippen LogP contribution in [0.4, 0.5) is 5.69 Å². The quantitative estimate of drug-likeness (QED) is 0.821. The summed E-state index contributed by atoms with van der Waals surface area (Å²) in [6.45, 7) is 9.46. The Hall–Kier alpha value is -2.57. The van der Waals surface area contributed by atoms with Crippen LogP contribution in [0.15, 0.2) is 18.2 Å². The first-order chi connectivity index (χ1) is 12.5. The number of nitrogens with one attached hydrogen (secondary N) is 2. The smallest absolute Gasteiger partial charge is 0.242 e. The third kappa shape index (κ3) is 5.21. The van der Waals surface area contributed by atoms with E-state index in [0.717, 1.165) is 5.56 Å². The number of ether oxygens (including phenoxy) is 1. The molecule has 27 heavy (non-hydrogen) atoms. The largest absolute Gasteiger partial charge is 0.495 e. The monoisotopic (exact) mass is 375 g/mol. The topological polar surface area (TPSA) is 87.7 Å². The number of amides is 3. The molecule has 0 radical (unpaired) electrons. The number of carbonyl (C=O) groups excluding carboxylic acids is 3. The van der Waals surface area contributed by atoms with Crippen molar-refractivity contribution < 1.29 is 19.1 Å². The molecule has 0 bridgehead atoms. The van der Waals surface area contributed by atoms with E-state index in [1.165, 1.54) is 0 Å². The van der Waals surface area contributed by atoms with Crippen LogP contribution in [0.1, 0.15) is 39.7 Å². The van der Waals surface area contributed by atoms with Crippen LogP contribution in [0.3, 0.4) is 0 Å². The molecule has 7 nitrogen and oxygen atoms in total. The first-order valence-corrected chi connectivity index (χ1v) is 9.09. The number of methoxy groups -OCH3 is 1. The van der Waals surface area contributed by atoms with E-state index in [-0.39, 0.29) is 36.2 Å². The molecule has 1 aliphatic heterocycles. The SMILES string of the molecule is COc1ccc(C)cc1N1CC(C(=O)NC(C)C(=O)NC(C)(C)C)CC1=O. The molecule has 2 atom stereocenters. The van der Waals surface area contributed by atoms with Crippen molar-refractivity contribution in [3.05, 3.63) is 23.8 Å². The molecule has 2 rings (SSSR count). The average Bonchev–Trinajstić information content (AvgIpc) is 2.95. The van der Waals surface area contributed by atoms with Crippen molar-refractivity contribution >= 4 is 23.4 Å². The van der Waals surface area contributed by atoms with Gasteiger partial charge in [0.25, 0.3) is 0 Å². The van der Waals surface area contributed by atoms with Crippen LogP contribution in [0.2, 0.25) is 0 Å². The molecule has 0 saturated carbocycles. The van der Waals surface area contributed by atoms with Gasteiger partial charge in [0.15, 0.2) is 0 Å². The van der Waals surface area contributed by atoms with Crippen molar-refractivity contribution in [1.82, 2.24) is 10.6 Å². The molecule has 1 heterocycles. The van der Waals surface area contributed by atoms with Crippen molar-refractivity contribution in [2.45, 2.75) is 52.6 Å². The molecule has 1 aromatic carbocycles.